The molecule has 0 unspecified atom stereocenters. The smallest absolute Gasteiger partial charge is 0.161 e. The average molecular weight is 435 g/mol. The molecule has 0 radical (unpaired) electrons. The molecule has 1 aromatic heterocycles. The van der Waals surface area contributed by atoms with Crippen molar-refractivity contribution in [1.29, 1.82) is 0 Å². The van der Waals surface area contributed by atoms with Gasteiger partial charge in [0, 0.05) is 48.1 Å². The minimum Gasteiger partial charge on any atom is -0.508 e. The van der Waals surface area contributed by atoms with Crippen LogP contribution in [0.15, 0.2) is 52.8 Å². The van der Waals surface area contributed by atoms with E-state index in [0.29, 0.717) is 30.8 Å². The second-order valence-corrected chi connectivity index (χ2v) is 10.7. The third-order valence-corrected chi connectivity index (χ3v) is 9.17. The Bertz CT molecular complexity index is 1090. The van der Waals surface area contributed by atoms with Crippen molar-refractivity contribution in [1.82, 2.24) is 9.88 Å². The lowest BCUT2D eigenvalue weighted by atomic mass is 9.47. The molecule has 3 N–H and O–H groups in total. The molecule has 4 fully saturated rings. The Morgan fingerprint density at radius 1 is 1.16 bits per heavy atom. The molecule has 1 aromatic rings. The Hall–Kier alpha value is -2.31. The van der Waals surface area contributed by atoms with Gasteiger partial charge >= 0.3 is 0 Å². The van der Waals surface area contributed by atoms with Gasteiger partial charge in [0.1, 0.15) is 17.6 Å². The molecule has 6 nitrogen and oxygen atoms in total. The molecular formula is C26H30N2O4. The summed E-state index contributed by atoms with van der Waals surface area (Å²) in [5.74, 6) is 1.90. The van der Waals surface area contributed by atoms with E-state index in [4.69, 9.17) is 4.74 Å². The Labute approximate surface area is 187 Å². The van der Waals surface area contributed by atoms with Gasteiger partial charge in [0.15, 0.2) is 5.76 Å². The minimum absolute atomic E-state index is 0.0888. The highest BCUT2D eigenvalue weighted by atomic mass is 16.5. The number of likely N-dealkylation sites (tertiary alicyclic amines) is 1. The molecule has 2 saturated carbocycles. The predicted molar refractivity (Wildman–Crippen MR) is 119 cm³/mol. The Morgan fingerprint density at radius 2 is 1.97 bits per heavy atom. The number of ether oxygens (including phenoxy) is 1. The van der Waals surface area contributed by atoms with Gasteiger partial charge in [-0.3, -0.25) is 9.88 Å². The van der Waals surface area contributed by atoms with E-state index < -0.39 is 17.1 Å². The van der Waals surface area contributed by atoms with Crippen molar-refractivity contribution in [3.63, 3.8) is 0 Å². The first-order chi connectivity index (χ1) is 15.5. The number of pyridine rings is 1. The van der Waals surface area contributed by atoms with Crippen LogP contribution in [0.3, 0.4) is 0 Å². The van der Waals surface area contributed by atoms with E-state index in [2.05, 4.69) is 9.88 Å². The zero-order chi connectivity index (χ0) is 21.7. The number of nitrogens with zero attached hydrogens (tertiary/aromatic N) is 2. The first-order valence-corrected chi connectivity index (χ1v) is 12.1. The summed E-state index contributed by atoms with van der Waals surface area (Å²) in [6.45, 7) is 2.01. The number of aliphatic hydroxyl groups excluding tert-OH is 2. The van der Waals surface area contributed by atoms with Gasteiger partial charge in [-0.05, 0) is 69.5 Å². The van der Waals surface area contributed by atoms with Crippen LogP contribution in [-0.4, -0.2) is 56.0 Å². The second kappa shape index (κ2) is 6.39. The van der Waals surface area contributed by atoms with Crippen molar-refractivity contribution in [2.75, 3.05) is 13.1 Å². The SMILES string of the molecule is OC1=C2O[C@H]3/C(=C(\O)c4ccncc4)CC[C@@]4(O)[C@H]5CC(=C2[C@@]34CCN5CC2CC2)CC1. The van der Waals surface area contributed by atoms with Gasteiger partial charge in [0.05, 0.1) is 11.0 Å². The van der Waals surface area contributed by atoms with Gasteiger partial charge < -0.3 is 20.1 Å². The summed E-state index contributed by atoms with van der Waals surface area (Å²) in [4.78, 5) is 6.63. The fraction of sp³-hybridized carbons (Fsp3) is 0.577. The van der Waals surface area contributed by atoms with E-state index >= 15 is 0 Å². The number of hydrogen-bond donors (Lipinski definition) is 3. The summed E-state index contributed by atoms with van der Waals surface area (Å²) in [7, 11) is 0. The molecule has 168 valence electrons. The van der Waals surface area contributed by atoms with Gasteiger partial charge in [-0.15, -0.1) is 0 Å². The van der Waals surface area contributed by atoms with Crippen molar-refractivity contribution in [3.8, 4) is 0 Å². The van der Waals surface area contributed by atoms with Gasteiger partial charge in [-0.2, -0.15) is 0 Å². The fourth-order valence-corrected chi connectivity index (χ4v) is 7.54. The van der Waals surface area contributed by atoms with Crippen molar-refractivity contribution in [2.45, 2.75) is 69.1 Å². The van der Waals surface area contributed by atoms with E-state index in [1.54, 1.807) is 12.4 Å². The maximum absolute atomic E-state index is 12.5. The van der Waals surface area contributed by atoms with E-state index in [1.165, 1.54) is 18.4 Å². The molecule has 7 rings (SSSR count). The van der Waals surface area contributed by atoms with E-state index in [1.807, 2.05) is 12.1 Å². The van der Waals surface area contributed by atoms with Crippen LogP contribution in [-0.2, 0) is 4.74 Å². The normalized spacial score (nSPS) is 39.7. The molecule has 2 saturated heterocycles. The number of rotatable bonds is 3. The number of hydrogen-bond acceptors (Lipinski definition) is 6. The van der Waals surface area contributed by atoms with Crippen LogP contribution in [0.1, 0.15) is 56.9 Å². The molecule has 4 aliphatic carbocycles. The zero-order valence-electron chi connectivity index (χ0n) is 18.3. The zero-order valence-corrected chi connectivity index (χ0v) is 18.3. The topological polar surface area (TPSA) is 86.0 Å². The Morgan fingerprint density at radius 3 is 2.75 bits per heavy atom. The lowest BCUT2D eigenvalue weighted by molar-refractivity contribution is -0.195. The van der Waals surface area contributed by atoms with Crippen LogP contribution in [0.4, 0.5) is 0 Å². The summed E-state index contributed by atoms with van der Waals surface area (Å²) < 4.78 is 6.55. The molecule has 2 bridgehead atoms. The Balaban J connectivity index is 1.42. The first-order valence-electron chi connectivity index (χ1n) is 12.1. The van der Waals surface area contributed by atoms with Crippen LogP contribution in [0.25, 0.3) is 5.76 Å². The van der Waals surface area contributed by atoms with Crippen LogP contribution < -0.4 is 0 Å². The monoisotopic (exact) mass is 434 g/mol. The maximum Gasteiger partial charge on any atom is 0.161 e. The molecule has 6 aliphatic rings. The summed E-state index contributed by atoms with van der Waals surface area (Å²) in [6, 6.07) is 3.71. The van der Waals surface area contributed by atoms with Crippen LogP contribution in [0.5, 0.6) is 0 Å². The summed E-state index contributed by atoms with van der Waals surface area (Å²) >= 11 is 0. The summed E-state index contributed by atoms with van der Waals surface area (Å²) in [5, 5.41) is 34.6. The summed E-state index contributed by atoms with van der Waals surface area (Å²) in [5.41, 5.74) is 2.48. The third kappa shape index (κ3) is 2.30. The van der Waals surface area contributed by atoms with Gasteiger partial charge in [-0.1, -0.05) is 5.57 Å². The maximum atomic E-state index is 12.5. The van der Waals surface area contributed by atoms with Gasteiger partial charge in [0.2, 0.25) is 0 Å². The minimum atomic E-state index is -0.912. The highest BCUT2D eigenvalue weighted by Gasteiger charge is 2.73. The highest BCUT2D eigenvalue weighted by Crippen LogP contribution is 2.69. The lowest BCUT2D eigenvalue weighted by Crippen LogP contribution is -2.72. The van der Waals surface area contributed by atoms with Gasteiger partial charge in [0.25, 0.3) is 0 Å². The highest BCUT2D eigenvalue weighted by molar-refractivity contribution is 5.66. The standard InChI is InChI=1S/C26H30N2O4/c29-19-4-3-17-13-20-26(31)8-5-18(22(30)16-6-10-27-11-7-16)24-25(26,21(17)23(19)32-24)9-12-28(20)14-15-1-2-15/h6-7,10-11,15,20,24,29-31H,1-5,8-9,12-14H2/b22-18-/t20-,24+,25+,26-/m1/s1. The fourth-order valence-electron chi connectivity index (χ4n) is 7.54. The second-order valence-electron chi connectivity index (χ2n) is 10.7. The number of piperidine rings is 1. The summed E-state index contributed by atoms with van der Waals surface area (Å²) in [6.07, 6.45) is 9.81. The molecule has 1 spiro atoms. The molecule has 2 aliphatic heterocycles. The van der Waals surface area contributed by atoms with E-state index in [-0.39, 0.29) is 11.8 Å². The molecule has 4 atom stereocenters. The molecule has 3 heterocycles. The van der Waals surface area contributed by atoms with Crippen LogP contribution in [0, 0.1) is 11.3 Å². The lowest BCUT2D eigenvalue weighted by Gasteiger charge is -2.63. The van der Waals surface area contributed by atoms with Crippen LogP contribution in [0.2, 0.25) is 0 Å². The first kappa shape index (κ1) is 19.2. The van der Waals surface area contributed by atoms with E-state index in [9.17, 15) is 15.3 Å². The van der Waals surface area contributed by atoms with Crippen molar-refractivity contribution >= 4 is 5.76 Å². The van der Waals surface area contributed by atoms with Gasteiger partial charge in [-0.25, -0.2) is 0 Å². The Kier molecular flexibility index (Phi) is 3.83. The van der Waals surface area contributed by atoms with E-state index in [0.717, 1.165) is 55.0 Å². The number of allylic oxidation sites excluding steroid dienone is 2. The predicted octanol–water partition coefficient (Wildman–Crippen LogP) is 4.01. The molecule has 0 aromatic carbocycles. The largest absolute Gasteiger partial charge is 0.508 e. The number of aromatic nitrogens is 1. The molecule has 6 heteroatoms. The quantitative estimate of drug-likeness (QED) is 0.624. The third-order valence-electron chi connectivity index (χ3n) is 9.17. The van der Waals surface area contributed by atoms with Crippen molar-refractivity contribution in [2.24, 2.45) is 11.3 Å². The van der Waals surface area contributed by atoms with Crippen molar-refractivity contribution in [3.05, 3.63) is 58.3 Å². The number of aliphatic hydroxyl groups is 3. The average Bonchev–Trinajstić information content (AvgIpc) is 3.55. The van der Waals surface area contributed by atoms with Crippen LogP contribution >= 0.6 is 0 Å². The van der Waals surface area contributed by atoms with Crippen molar-refractivity contribution < 1.29 is 20.1 Å². The molecule has 32 heavy (non-hydrogen) atoms. The molecular weight excluding hydrogens is 404 g/mol. The molecule has 0 amide bonds.